The van der Waals surface area contributed by atoms with Gasteiger partial charge < -0.3 is 14.7 Å². The molecule has 0 saturated heterocycles. The average Bonchev–Trinajstić information content (AvgIpc) is 3.16. The van der Waals surface area contributed by atoms with Crippen molar-refractivity contribution in [3.8, 4) is 22.9 Å². The van der Waals surface area contributed by atoms with Crippen molar-refractivity contribution in [3.63, 3.8) is 0 Å². The second-order valence-corrected chi connectivity index (χ2v) is 6.67. The van der Waals surface area contributed by atoms with Crippen molar-refractivity contribution in [2.45, 2.75) is 20.4 Å². The minimum atomic E-state index is 0.203. The summed E-state index contributed by atoms with van der Waals surface area (Å²) >= 11 is 0. The largest absolute Gasteiger partial charge is 0.507 e. The standard InChI is InChI=1S/C23H28N4O2/c1-4-26(5-2)16-17-27-23(20-8-6-7-9-21(20)28)24-22(25-27)15-12-18-10-13-19(29-3)14-11-18/h6-15,28H,4-5,16-17H2,1-3H3/b15-12+. The summed E-state index contributed by atoms with van der Waals surface area (Å²) in [5, 5.41) is 15.0. The number of benzene rings is 2. The van der Waals surface area contributed by atoms with Crippen molar-refractivity contribution < 1.29 is 9.84 Å². The number of para-hydroxylation sites is 1. The van der Waals surface area contributed by atoms with Crippen LogP contribution in [0.25, 0.3) is 23.5 Å². The van der Waals surface area contributed by atoms with Gasteiger partial charge in [0, 0.05) is 6.54 Å². The van der Waals surface area contributed by atoms with Crippen LogP contribution in [-0.2, 0) is 6.54 Å². The van der Waals surface area contributed by atoms with Crippen molar-refractivity contribution in [2.75, 3.05) is 26.7 Å². The fourth-order valence-corrected chi connectivity index (χ4v) is 3.11. The molecule has 29 heavy (non-hydrogen) atoms. The highest BCUT2D eigenvalue weighted by molar-refractivity contribution is 5.69. The predicted octanol–water partition coefficient (Wildman–Crippen LogP) is 4.17. The smallest absolute Gasteiger partial charge is 0.174 e. The van der Waals surface area contributed by atoms with E-state index in [0.717, 1.165) is 30.9 Å². The Morgan fingerprint density at radius 1 is 1.03 bits per heavy atom. The predicted molar refractivity (Wildman–Crippen MR) is 117 cm³/mol. The van der Waals surface area contributed by atoms with Crippen molar-refractivity contribution in [3.05, 3.63) is 59.9 Å². The van der Waals surface area contributed by atoms with Gasteiger partial charge in [0.15, 0.2) is 11.6 Å². The van der Waals surface area contributed by atoms with Gasteiger partial charge in [0.1, 0.15) is 11.5 Å². The van der Waals surface area contributed by atoms with Crippen LogP contribution in [0.1, 0.15) is 25.2 Å². The van der Waals surface area contributed by atoms with Gasteiger partial charge in [-0.2, -0.15) is 5.10 Å². The Balaban J connectivity index is 1.88. The lowest BCUT2D eigenvalue weighted by Crippen LogP contribution is -2.27. The maximum absolute atomic E-state index is 10.3. The molecule has 0 spiro atoms. The molecule has 6 heteroatoms. The molecule has 3 rings (SSSR count). The number of aromatic nitrogens is 3. The number of methoxy groups -OCH3 is 1. The van der Waals surface area contributed by atoms with Gasteiger partial charge in [-0.05, 0) is 49.0 Å². The molecule has 0 aliphatic rings. The molecule has 0 unspecified atom stereocenters. The Kier molecular flexibility index (Phi) is 7.03. The van der Waals surface area contributed by atoms with Crippen LogP contribution in [0, 0.1) is 0 Å². The van der Waals surface area contributed by atoms with Gasteiger partial charge in [-0.15, -0.1) is 0 Å². The number of aromatic hydroxyl groups is 1. The van der Waals surface area contributed by atoms with Crippen LogP contribution in [0.4, 0.5) is 0 Å². The third-order valence-electron chi connectivity index (χ3n) is 4.90. The lowest BCUT2D eigenvalue weighted by Gasteiger charge is -2.18. The van der Waals surface area contributed by atoms with Crippen molar-refractivity contribution in [2.24, 2.45) is 0 Å². The lowest BCUT2D eigenvalue weighted by molar-refractivity contribution is 0.286. The number of nitrogens with zero attached hydrogens (tertiary/aromatic N) is 4. The molecule has 1 aromatic heterocycles. The molecule has 3 aromatic rings. The van der Waals surface area contributed by atoms with Gasteiger partial charge in [-0.25, -0.2) is 9.67 Å². The Bertz CT molecular complexity index is 944. The van der Waals surface area contributed by atoms with Gasteiger partial charge in [0.25, 0.3) is 0 Å². The van der Waals surface area contributed by atoms with E-state index in [1.165, 1.54) is 0 Å². The Morgan fingerprint density at radius 2 is 1.76 bits per heavy atom. The molecular weight excluding hydrogens is 364 g/mol. The van der Waals surface area contributed by atoms with E-state index in [1.54, 1.807) is 19.2 Å². The van der Waals surface area contributed by atoms with Crippen LogP contribution in [0.3, 0.4) is 0 Å². The van der Waals surface area contributed by atoms with E-state index in [0.29, 0.717) is 23.8 Å². The van der Waals surface area contributed by atoms with E-state index in [1.807, 2.05) is 53.2 Å². The normalized spacial score (nSPS) is 11.4. The number of rotatable bonds is 9. The van der Waals surface area contributed by atoms with Gasteiger partial charge in [0.05, 0.1) is 19.2 Å². The van der Waals surface area contributed by atoms with Crippen LogP contribution in [-0.4, -0.2) is 51.5 Å². The Labute approximate surface area is 172 Å². The monoisotopic (exact) mass is 392 g/mol. The molecule has 0 radical (unpaired) electrons. The maximum atomic E-state index is 10.3. The second kappa shape index (κ2) is 9.89. The molecule has 6 nitrogen and oxygen atoms in total. The van der Waals surface area contributed by atoms with Crippen LogP contribution in [0.15, 0.2) is 48.5 Å². The lowest BCUT2D eigenvalue weighted by atomic mass is 10.2. The highest BCUT2D eigenvalue weighted by atomic mass is 16.5. The first-order valence-corrected chi connectivity index (χ1v) is 9.92. The molecule has 0 bridgehead atoms. The molecule has 0 atom stereocenters. The first-order chi connectivity index (χ1) is 14.1. The Morgan fingerprint density at radius 3 is 2.41 bits per heavy atom. The summed E-state index contributed by atoms with van der Waals surface area (Å²) in [6.07, 6.45) is 3.86. The van der Waals surface area contributed by atoms with Crippen molar-refractivity contribution in [1.29, 1.82) is 0 Å². The summed E-state index contributed by atoms with van der Waals surface area (Å²) in [6.45, 7) is 7.85. The first kappa shape index (κ1) is 20.6. The highest BCUT2D eigenvalue weighted by Crippen LogP contribution is 2.27. The fourth-order valence-electron chi connectivity index (χ4n) is 3.11. The van der Waals surface area contributed by atoms with E-state index < -0.39 is 0 Å². The van der Waals surface area contributed by atoms with E-state index in [-0.39, 0.29) is 5.75 Å². The molecule has 0 aliphatic carbocycles. The van der Waals surface area contributed by atoms with Crippen molar-refractivity contribution in [1.82, 2.24) is 19.7 Å². The topological polar surface area (TPSA) is 63.4 Å². The van der Waals surface area contributed by atoms with E-state index in [4.69, 9.17) is 4.74 Å². The minimum absolute atomic E-state index is 0.203. The van der Waals surface area contributed by atoms with E-state index in [2.05, 4.69) is 28.8 Å². The number of hydrogen-bond acceptors (Lipinski definition) is 5. The van der Waals surface area contributed by atoms with E-state index >= 15 is 0 Å². The molecular formula is C23H28N4O2. The molecule has 0 aliphatic heterocycles. The minimum Gasteiger partial charge on any atom is -0.507 e. The first-order valence-electron chi connectivity index (χ1n) is 9.92. The SMILES string of the molecule is CCN(CC)CCn1nc(/C=C/c2ccc(OC)cc2)nc1-c1ccccc1O. The third-order valence-corrected chi connectivity index (χ3v) is 4.90. The highest BCUT2D eigenvalue weighted by Gasteiger charge is 2.14. The van der Waals surface area contributed by atoms with Gasteiger partial charge in [-0.3, -0.25) is 0 Å². The number of hydrogen-bond donors (Lipinski definition) is 1. The summed E-state index contributed by atoms with van der Waals surface area (Å²) < 4.78 is 7.07. The molecule has 0 saturated carbocycles. The van der Waals surface area contributed by atoms with Gasteiger partial charge in [0.2, 0.25) is 0 Å². The fraction of sp³-hybridized carbons (Fsp3) is 0.304. The number of phenols is 1. The van der Waals surface area contributed by atoms with Gasteiger partial charge >= 0.3 is 0 Å². The zero-order valence-corrected chi connectivity index (χ0v) is 17.2. The zero-order valence-electron chi connectivity index (χ0n) is 17.2. The second-order valence-electron chi connectivity index (χ2n) is 6.67. The molecule has 152 valence electrons. The third kappa shape index (κ3) is 5.23. The molecule has 2 aromatic carbocycles. The quantitative estimate of drug-likeness (QED) is 0.592. The summed E-state index contributed by atoms with van der Waals surface area (Å²) in [6, 6.07) is 15.0. The van der Waals surface area contributed by atoms with Crippen LogP contribution in [0.2, 0.25) is 0 Å². The number of likely N-dealkylation sites (N-methyl/N-ethyl adjacent to an activating group) is 1. The van der Waals surface area contributed by atoms with Gasteiger partial charge in [-0.1, -0.05) is 44.2 Å². The van der Waals surface area contributed by atoms with Crippen LogP contribution in [0.5, 0.6) is 11.5 Å². The van der Waals surface area contributed by atoms with Crippen LogP contribution >= 0.6 is 0 Å². The van der Waals surface area contributed by atoms with E-state index in [9.17, 15) is 5.11 Å². The summed E-state index contributed by atoms with van der Waals surface area (Å²) in [5.74, 6) is 2.31. The Hall–Kier alpha value is -3.12. The maximum Gasteiger partial charge on any atom is 0.174 e. The molecule has 1 N–H and O–H groups in total. The summed E-state index contributed by atoms with van der Waals surface area (Å²) in [5.41, 5.74) is 1.72. The van der Waals surface area contributed by atoms with Crippen LogP contribution < -0.4 is 4.74 Å². The molecule has 0 fully saturated rings. The average molecular weight is 393 g/mol. The number of phenolic OH excluding ortho intramolecular Hbond substituents is 1. The van der Waals surface area contributed by atoms with Crippen molar-refractivity contribution >= 4 is 12.2 Å². The zero-order chi connectivity index (χ0) is 20.6. The summed E-state index contributed by atoms with van der Waals surface area (Å²) in [7, 11) is 1.65. The molecule has 0 amide bonds. The molecule has 1 heterocycles. The summed E-state index contributed by atoms with van der Waals surface area (Å²) in [4.78, 5) is 7.02. The number of ether oxygens (including phenoxy) is 1.